The van der Waals surface area contributed by atoms with Gasteiger partial charge in [0.1, 0.15) is 4.90 Å². The van der Waals surface area contributed by atoms with Crippen LogP contribution in [0.5, 0.6) is 0 Å². The quantitative estimate of drug-likeness (QED) is 0.853. The minimum atomic E-state index is -3.84. The number of nitrogens with two attached hydrogens (primary N) is 1. The molecule has 0 saturated carbocycles. The lowest BCUT2D eigenvalue weighted by Crippen LogP contribution is -2.14. The lowest BCUT2D eigenvalue weighted by atomic mass is 10.3. The number of nitrogens with one attached hydrogen (secondary N) is 1. The summed E-state index contributed by atoms with van der Waals surface area (Å²) in [5.41, 5.74) is 6.14. The van der Waals surface area contributed by atoms with E-state index in [0.29, 0.717) is 5.69 Å². The van der Waals surface area contributed by atoms with Crippen LogP contribution >= 0.6 is 23.2 Å². The number of rotatable bonds is 3. The molecule has 0 amide bonds. The summed E-state index contributed by atoms with van der Waals surface area (Å²) < 4.78 is 26.8. The molecule has 0 aliphatic heterocycles. The van der Waals surface area contributed by atoms with Crippen LogP contribution in [-0.2, 0) is 10.0 Å². The van der Waals surface area contributed by atoms with Gasteiger partial charge in [0, 0.05) is 10.7 Å². The fourth-order valence-electron chi connectivity index (χ4n) is 1.50. The zero-order valence-electron chi connectivity index (χ0n) is 9.60. The van der Waals surface area contributed by atoms with Gasteiger partial charge < -0.3 is 5.73 Å². The van der Waals surface area contributed by atoms with Crippen LogP contribution in [0.3, 0.4) is 0 Å². The Balaban J connectivity index is 2.46. The minimum absolute atomic E-state index is 0.0483. The minimum Gasteiger partial charge on any atom is -0.397 e. The molecule has 4 nitrogen and oxygen atoms in total. The average molecular weight is 317 g/mol. The number of para-hydroxylation sites is 1. The van der Waals surface area contributed by atoms with E-state index in [1.165, 1.54) is 12.1 Å². The Morgan fingerprint density at radius 3 is 2.32 bits per heavy atom. The number of hydrogen-bond acceptors (Lipinski definition) is 3. The fourth-order valence-corrected chi connectivity index (χ4v) is 3.39. The molecule has 0 fully saturated rings. The Kier molecular flexibility index (Phi) is 3.89. The molecule has 2 aromatic rings. The number of benzene rings is 2. The number of hydrogen-bond donors (Lipinski definition) is 2. The predicted octanol–water partition coefficient (Wildman–Crippen LogP) is 3.38. The molecule has 0 aromatic heterocycles. The first-order chi connectivity index (χ1) is 8.90. The highest BCUT2D eigenvalue weighted by Gasteiger charge is 2.20. The van der Waals surface area contributed by atoms with Gasteiger partial charge in [-0.05, 0) is 24.3 Å². The van der Waals surface area contributed by atoms with Crippen LogP contribution in [0.4, 0.5) is 11.4 Å². The standard InChI is InChI=1S/C12H10Cl2N2O2S/c13-8-6-10(15)12(14)11(7-8)19(17,18)16-9-4-2-1-3-5-9/h1-7,16H,15H2. The Hall–Kier alpha value is -1.43. The summed E-state index contributed by atoms with van der Waals surface area (Å²) >= 11 is 11.7. The van der Waals surface area contributed by atoms with Crippen molar-refractivity contribution in [2.75, 3.05) is 10.5 Å². The lowest BCUT2D eigenvalue weighted by molar-refractivity contribution is 0.601. The van der Waals surface area contributed by atoms with E-state index >= 15 is 0 Å². The van der Waals surface area contributed by atoms with Crippen LogP contribution in [0, 0.1) is 0 Å². The van der Waals surface area contributed by atoms with E-state index in [4.69, 9.17) is 28.9 Å². The first-order valence-electron chi connectivity index (χ1n) is 5.22. The van der Waals surface area contributed by atoms with Crippen LogP contribution in [0.1, 0.15) is 0 Å². The van der Waals surface area contributed by atoms with Crippen molar-refractivity contribution in [2.45, 2.75) is 4.90 Å². The summed E-state index contributed by atoms with van der Waals surface area (Å²) in [5, 5.41) is 0.156. The first-order valence-corrected chi connectivity index (χ1v) is 7.46. The van der Waals surface area contributed by atoms with Gasteiger partial charge >= 0.3 is 0 Å². The van der Waals surface area contributed by atoms with Gasteiger partial charge in [0.05, 0.1) is 10.7 Å². The molecular weight excluding hydrogens is 307 g/mol. The first kappa shape index (κ1) is 14.0. The van der Waals surface area contributed by atoms with E-state index in [-0.39, 0.29) is 20.6 Å². The van der Waals surface area contributed by atoms with Gasteiger partial charge in [-0.2, -0.15) is 0 Å². The van der Waals surface area contributed by atoms with Crippen LogP contribution in [0.15, 0.2) is 47.4 Å². The topological polar surface area (TPSA) is 72.2 Å². The average Bonchev–Trinajstić information content (AvgIpc) is 2.34. The van der Waals surface area contributed by atoms with Crippen LogP contribution in [0.25, 0.3) is 0 Å². The number of halogens is 2. The van der Waals surface area contributed by atoms with Crippen molar-refractivity contribution in [3.05, 3.63) is 52.5 Å². The third-order valence-electron chi connectivity index (χ3n) is 2.35. The fraction of sp³-hybridized carbons (Fsp3) is 0. The molecule has 100 valence electrons. The lowest BCUT2D eigenvalue weighted by Gasteiger charge is -2.11. The van der Waals surface area contributed by atoms with Crippen molar-refractivity contribution >= 4 is 44.6 Å². The SMILES string of the molecule is Nc1cc(Cl)cc(S(=O)(=O)Nc2ccccc2)c1Cl. The molecule has 0 aliphatic rings. The van der Waals surface area contributed by atoms with Gasteiger partial charge in [-0.3, -0.25) is 4.72 Å². The summed E-state index contributed by atoms with van der Waals surface area (Å²) in [6, 6.07) is 11.1. The van der Waals surface area contributed by atoms with Crippen LogP contribution in [0.2, 0.25) is 10.0 Å². The second-order valence-electron chi connectivity index (χ2n) is 3.78. The number of sulfonamides is 1. The van der Waals surface area contributed by atoms with Crippen molar-refractivity contribution in [1.82, 2.24) is 0 Å². The monoisotopic (exact) mass is 316 g/mol. The maximum absolute atomic E-state index is 12.2. The Labute approximate surface area is 121 Å². The molecule has 0 radical (unpaired) electrons. The molecule has 0 atom stereocenters. The summed E-state index contributed by atoms with van der Waals surface area (Å²) in [6.07, 6.45) is 0. The van der Waals surface area contributed by atoms with Crippen molar-refractivity contribution in [3.8, 4) is 0 Å². The highest BCUT2D eigenvalue weighted by atomic mass is 35.5. The van der Waals surface area contributed by atoms with Gasteiger partial charge in [-0.1, -0.05) is 41.4 Å². The Morgan fingerprint density at radius 1 is 1.05 bits per heavy atom. The molecule has 0 bridgehead atoms. The summed E-state index contributed by atoms with van der Waals surface area (Å²) in [6.45, 7) is 0. The van der Waals surface area contributed by atoms with Crippen molar-refractivity contribution in [1.29, 1.82) is 0 Å². The van der Waals surface area contributed by atoms with Crippen molar-refractivity contribution in [2.24, 2.45) is 0 Å². The number of nitrogen functional groups attached to an aromatic ring is 1. The molecule has 19 heavy (non-hydrogen) atoms. The molecule has 0 saturated heterocycles. The van der Waals surface area contributed by atoms with E-state index in [0.717, 1.165) is 0 Å². The third kappa shape index (κ3) is 3.12. The van der Waals surface area contributed by atoms with E-state index in [9.17, 15) is 8.42 Å². The van der Waals surface area contributed by atoms with E-state index in [1.807, 2.05) is 0 Å². The summed E-state index contributed by atoms with van der Waals surface area (Å²) in [5.74, 6) is 0. The maximum Gasteiger partial charge on any atom is 0.263 e. The van der Waals surface area contributed by atoms with Gasteiger partial charge in [0.2, 0.25) is 0 Å². The zero-order chi connectivity index (χ0) is 14.0. The third-order valence-corrected chi connectivity index (χ3v) is 4.51. The molecule has 0 heterocycles. The largest absolute Gasteiger partial charge is 0.397 e. The zero-order valence-corrected chi connectivity index (χ0v) is 11.9. The van der Waals surface area contributed by atoms with Gasteiger partial charge in [0.15, 0.2) is 0 Å². The summed E-state index contributed by atoms with van der Waals surface area (Å²) in [4.78, 5) is -0.150. The normalized spacial score (nSPS) is 11.3. The summed E-state index contributed by atoms with van der Waals surface area (Å²) in [7, 11) is -3.84. The van der Waals surface area contributed by atoms with Gasteiger partial charge in [-0.25, -0.2) is 8.42 Å². The number of anilines is 2. The smallest absolute Gasteiger partial charge is 0.263 e. The van der Waals surface area contributed by atoms with Crippen LogP contribution < -0.4 is 10.5 Å². The van der Waals surface area contributed by atoms with E-state index in [2.05, 4.69) is 4.72 Å². The van der Waals surface area contributed by atoms with Gasteiger partial charge in [0.25, 0.3) is 10.0 Å². The van der Waals surface area contributed by atoms with Crippen molar-refractivity contribution < 1.29 is 8.42 Å². The molecule has 2 rings (SSSR count). The molecule has 0 unspecified atom stereocenters. The highest BCUT2D eigenvalue weighted by molar-refractivity contribution is 7.92. The molecule has 7 heteroatoms. The molecular formula is C12H10Cl2N2O2S. The Bertz CT molecular complexity index is 703. The maximum atomic E-state index is 12.2. The highest BCUT2D eigenvalue weighted by Crippen LogP contribution is 2.32. The van der Waals surface area contributed by atoms with Gasteiger partial charge in [-0.15, -0.1) is 0 Å². The van der Waals surface area contributed by atoms with Crippen LogP contribution in [-0.4, -0.2) is 8.42 Å². The Morgan fingerprint density at radius 2 is 1.68 bits per heavy atom. The van der Waals surface area contributed by atoms with Crippen molar-refractivity contribution in [3.63, 3.8) is 0 Å². The molecule has 0 aliphatic carbocycles. The molecule has 3 N–H and O–H groups in total. The predicted molar refractivity (Wildman–Crippen MR) is 78.1 cm³/mol. The second kappa shape index (κ2) is 5.28. The molecule has 0 spiro atoms. The van der Waals surface area contributed by atoms with E-state index < -0.39 is 10.0 Å². The second-order valence-corrected chi connectivity index (χ2v) is 6.24. The van der Waals surface area contributed by atoms with E-state index in [1.54, 1.807) is 30.3 Å². The molecule has 2 aromatic carbocycles.